The fraction of sp³-hybridized carbons (Fsp3) is 0.0370. The number of allylic oxidation sites excluding steroid dienone is 2. The first-order chi connectivity index (χ1) is 28.7. The topological polar surface area (TPSA) is 48.7 Å². The van der Waals surface area contributed by atoms with Crippen LogP contribution in [0.3, 0.4) is 0 Å². The SMILES string of the molecule is C1=CC2Oc3c(ccc4c3oc3ccc(-c5ccccc5)cc34)C2C=C1c1ccc(-c2ccc3oc4c(ccc5c6cc(-c7ccccc7)ccc6oc54)c3c2)cc1. The molecule has 0 spiro atoms. The molecule has 0 radical (unpaired) electrons. The van der Waals surface area contributed by atoms with Crippen molar-refractivity contribution in [1.29, 1.82) is 0 Å². The average Bonchev–Trinajstić information content (AvgIpc) is 4.06. The summed E-state index contributed by atoms with van der Waals surface area (Å²) in [5.41, 5.74) is 15.5. The van der Waals surface area contributed by atoms with E-state index >= 15 is 0 Å². The summed E-state index contributed by atoms with van der Waals surface area (Å²) in [4.78, 5) is 0. The van der Waals surface area contributed by atoms with E-state index in [0.29, 0.717) is 0 Å². The third-order valence-corrected chi connectivity index (χ3v) is 12.3. The van der Waals surface area contributed by atoms with Gasteiger partial charge in [0.25, 0.3) is 0 Å². The predicted molar refractivity (Wildman–Crippen MR) is 235 cm³/mol. The molecule has 0 bridgehead atoms. The van der Waals surface area contributed by atoms with Gasteiger partial charge in [0.15, 0.2) is 22.5 Å². The molecule has 1 aliphatic carbocycles. The number of fused-ring (bicyclic) bond motifs is 14. The Kier molecular flexibility index (Phi) is 6.53. The van der Waals surface area contributed by atoms with E-state index in [4.69, 9.17) is 18.0 Å². The third-order valence-electron chi connectivity index (χ3n) is 12.3. The molecule has 4 heterocycles. The monoisotopic (exact) mass is 744 g/mol. The van der Waals surface area contributed by atoms with Crippen molar-refractivity contribution >= 4 is 71.4 Å². The number of rotatable bonds is 4. The highest BCUT2D eigenvalue weighted by Gasteiger charge is 2.36. The van der Waals surface area contributed by atoms with Gasteiger partial charge in [0.05, 0.1) is 0 Å². The summed E-state index contributed by atoms with van der Waals surface area (Å²) in [6.45, 7) is 0. The Morgan fingerprint density at radius 1 is 0.362 bits per heavy atom. The molecular weight excluding hydrogens is 713 g/mol. The Labute approximate surface area is 332 Å². The van der Waals surface area contributed by atoms with Crippen LogP contribution >= 0.6 is 0 Å². The quantitative estimate of drug-likeness (QED) is 0.180. The molecule has 4 heteroatoms. The lowest BCUT2D eigenvalue weighted by Gasteiger charge is -2.18. The standard InChI is InChI=1S/C54H32O4/c1-3-7-31(8-4-1)35-15-23-47-43(27-35)39-19-21-41-45-29-37(17-25-49(45)57-53(41)51(39)55-47)33-11-13-34(14-12-33)38-18-26-50-46(30-38)42-22-20-40-44-28-36(32-9-5-2-6-10-32)16-24-48(44)56-52(40)54(42)58-50/h1-30,45,49H. The number of furan rings is 3. The predicted octanol–water partition coefficient (Wildman–Crippen LogP) is 14.9. The van der Waals surface area contributed by atoms with E-state index in [9.17, 15) is 0 Å². The van der Waals surface area contributed by atoms with E-state index in [0.717, 1.165) is 93.8 Å². The maximum absolute atomic E-state index is 6.61. The molecule has 58 heavy (non-hydrogen) atoms. The molecule has 272 valence electrons. The summed E-state index contributed by atoms with van der Waals surface area (Å²) in [7, 11) is 0. The van der Waals surface area contributed by atoms with Crippen LogP contribution in [0.5, 0.6) is 5.75 Å². The zero-order chi connectivity index (χ0) is 37.9. The van der Waals surface area contributed by atoms with Gasteiger partial charge in [0, 0.05) is 43.8 Å². The van der Waals surface area contributed by atoms with Crippen molar-refractivity contribution in [2.24, 2.45) is 0 Å². The highest BCUT2D eigenvalue weighted by molar-refractivity contribution is 6.19. The Morgan fingerprint density at radius 3 is 1.36 bits per heavy atom. The molecule has 8 aromatic carbocycles. The highest BCUT2D eigenvalue weighted by atomic mass is 16.5. The van der Waals surface area contributed by atoms with Crippen molar-refractivity contribution in [3.8, 4) is 39.1 Å². The molecule has 0 saturated heterocycles. The van der Waals surface area contributed by atoms with Gasteiger partial charge in [-0.05, 0) is 105 Å². The van der Waals surface area contributed by atoms with Gasteiger partial charge < -0.3 is 18.0 Å². The van der Waals surface area contributed by atoms with Crippen LogP contribution in [0.4, 0.5) is 0 Å². The van der Waals surface area contributed by atoms with Crippen LogP contribution in [-0.2, 0) is 0 Å². The second-order valence-electron chi connectivity index (χ2n) is 15.5. The summed E-state index contributed by atoms with van der Waals surface area (Å²) in [6, 6.07) is 57.8. The van der Waals surface area contributed by atoms with Crippen molar-refractivity contribution in [1.82, 2.24) is 0 Å². The van der Waals surface area contributed by atoms with E-state index < -0.39 is 0 Å². The number of benzene rings is 8. The maximum Gasteiger partial charge on any atom is 0.178 e. The van der Waals surface area contributed by atoms with E-state index in [1.165, 1.54) is 27.8 Å². The van der Waals surface area contributed by atoms with E-state index in [1.54, 1.807) is 0 Å². The molecule has 13 rings (SSSR count). The fourth-order valence-corrected chi connectivity index (χ4v) is 9.31. The molecular formula is C54H32O4. The van der Waals surface area contributed by atoms with Gasteiger partial charge in [0.2, 0.25) is 0 Å². The molecule has 0 fully saturated rings. The Morgan fingerprint density at radius 2 is 0.810 bits per heavy atom. The minimum absolute atomic E-state index is 0.0687. The van der Waals surface area contributed by atoms with Crippen LogP contribution in [0.2, 0.25) is 0 Å². The number of hydrogen-bond donors (Lipinski definition) is 0. The minimum Gasteiger partial charge on any atom is -0.481 e. The zero-order valence-corrected chi connectivity index (χ0v) is 31.1. The summed E-state index contributed by atoms with van der Waals surface area (Å²) in [5, 5.41) is 6.45. The summed E-state index contributed by atoms with van der Waals surface area (Å²) in [5.74, 6) is 0.955. The molecule has 11 aromatic rings. The molecule has 1 aliphatic heterocycles. The second kappa shape index (κ2) is 12.0. The average molecular weight is 745 g/mol. The highest BCUT2D eigenvalue weighted by Crippen LogP contribution is 2.49. The van der Waals surface area contributed by atoms with Crippen LogP contribution in [0, 0.1) is 0 Å². The summed E-state index contributed by atoms with van der Waals surface area (Å²) < 4.78 is 26.0. The lowest BCUT2D eigenvalue weighted by molar-refractivity contribution is 0.269. The fourth-order valence-electron chi connectivity index (χ4n) is 9.31. The van der Waals surface area contributed by atoms with Gasteiger partial charge >= 0.3 is 0 Å². The maximum atomic E-state index is 6.61. The first-order valence-electron chi connectivity index (χ1n) is 19.8. The molecule has 2 aliphatic rings. The molecule has 4 nitrogen and oxygen atoms in total. The van der Waals surface area contributed by atoms with Crippen molar-refractivity contribution in [2.45, 2.75) is 12.0 Å². The van der Waals surface area contributed by atoms with Gasteiger partial charge in [-0.1, -0.05) is 121 Å². The lowest BCUT2D eigenvalue weighted by Crippen LogP contribution is -2.16. The summed E-state index contributed by atoms with van der Waals surface area (Å²) in [6.07, 6.45) is 6.66. The van der Waals surface area contributed by atoms with Crippen LogP contribution in [0.15, 0.2) is 195 Å². The molecule has 0 saturated carbocycles. The van der Waals surface area contributed by atoms with Gasteiger partial charge in [-0.3, -0.25) is 0 Å². The molecule has 2 unspecified atom stereocenters. The first kappa shape index (κ1) is 31.6. The number of ether oxygens (including phenoxy) is 1. The van der Waals surface area contributed by atoms with Gasteiger partial charge in [-0.25, -0.2) is 0 Å². The van der Waals surface area contributed by atoms with Crippen molar-refractivity contribution in [3.63, 3.8) is 0 Å². The van der Waals surface area contributed by atoms with Crippen molar-refractivity contribution < 1.29 is 18.0 Å². The van der Waals surface area contributed by atoms with Gasteiger partial charge in [-0.2, -0.15) is 0 Å². The van der Waals surface area contributed by atoms with E-state index in [-0.39, 0.29) is 12.0 Å². The van der Waals surface area contributed by atoms with Gasteiger partial charge in [-0.15, -0.1) is 0 Å². The number of hydrogen-bond acceptors (Lipinski definition) is 4. The van der Waals surface area contributed by atoms with E-state index in [1.807, 2.05) is 12.1 Å². The van der Waals surface area contributed by atoms with E-state index in [2.05, 4.69) is 170 Å². The molecule has 0 amide bonds. The minimum atomic E-state index is -0.0687. The normalized spacial score (nSPS) is 16.1. The van der Waals surface area contributed by atoms with Gasteiger partial charge in [0.1, 0.15) is 22.9 Å². The van der Waals surface area contributed by atoms with Crippen molar-refractivity contribution in [3.05, 3.63) is 193 Å². The van der Waals surface area contributed by atoms with Crippen LogP contribution in [0.1, 0.15) is 17.0 Å². The second-order valence-corrected chi connectivity index (χ2v) is 15.5. The van der Waals surface area contributed by atoms with Crippen molar-refractivity contribution in [2.75, 3.05) is 0 Å². The zero-order valence-electron chi connectivity index (χ0n) is 31.1. The third kappa shape index (κ3) is 4.69. The summed E-state index contributed by atoms with van der Waals surface area (Å²) >= 11 is 0. The molecule has 3 aromatic heterocycles. The lowest BCUT2D eigenvalue weighted by atomic mass is 9.86. The Bertz CT molecular complexity index is 3520. The first-order valence-corrected chi connectivity index (χ1v) is 19.8. The molecule has 0 N–H and O–H groups in total. The van der Waals surface area contributed by atoms with Crippen LogP contribution in [-0.4, -0.2) is 6.10 Å². The Balaban J connectivity index is 0.811. The smallest absolute Gasteiger partial charge is 0.178 e. The van der Waals surface area contributed by atoms with Crippen LogP contribution in [0.25, 0.3) is 105 Å². The largest absolute Gasteiger partial charge is 0.481 e. The Hall–Kier alpha value is -7.56. The molecule has 2 atom stereocenters. The van der Waals surface area contributed by atoms with Crippen LogP contribution < -0.4 is 4.74 Å².